The van der Waals surface area contributed by atoms with Crippen molar-refractivity contribution >= 4 is 23.2 Å². The van der Waals surface area contributed by atoms with Crippen molar-refractivity contribution in [3.05, 3.63) is 69.7 Å². The molecule has 0 bridgehead atoms. The predicted octanol–water partition coefficient (Wildman–Crippen LogP) is 6.10. The van der Waals surface area contributed by atoms with E-state index >= 15 is 0 Å². The van der Waals surface area contributed by atoms with Crippen LogP contribution < -0.4 is 0 Å². The Morgan fingerprint density at radius 2 is 1.42 bits per heavy atom. The van der Waals surface area contributed by atoms with E-state index < -0.39 is 0 Å². The van der Waals surface area contributed by atoms with Crippen LogP contribution in [0, 0.1) is 6.92 Å². The van der Waals surface area contributed by atoms with Crippen LogP contribution in [0.25, 0.3) is 0 Å². The Bertz CT molecular complexity index is 536. The van der Waals surface area contributed by atoms with Gasteiger partial charge in [0.05, 0.1) is 5.38 Å². The van der Waals surface area contributed by atoms with E-state index in [4.69, 9.17) is 23.2 Å². The molecule has 0 heterocycles. The van der Waals surface area contributed by atoms with Crippen molar-refractivity contribution in [3.8, 4) is 0 Å². The maximum Gasteiger partial charge on any atom is 0.0836 e. The summed E-state index contributed by atoms with van der Waals surface area (Å²) in [6.45, 7) is 6.40. The molecule has 1 unspecified atom stereocenters. The third kappa shape index (κ3) is 3.52. The molecule has 0 fully saturated rings. The molecular weight excluding hydrogens is 275 g/mol. The SMILES string of the molecule is Cc1cc(Cl)cc(C(Cl)c2ccc(C(C)C)cc2)c1. The van der Waals surface area contributed by atoms with Gasteiger partial charge >= 0.3 is 0 Å². The fourth-order valence-electron chi connectivity index (χ4n) is 2.15. The minimum absolute atomic E-state index is 0.154. The van der Waals surface area contributed by atoms with E-state index in [1.165, 1.54) is 5.56 Å². The van der Waals surface area contributed by atoms with E-state index in [9.17, 15) is 0 Å². The molecule has 0 aliphatic carbocycles. The number of benzene rings is 2. The molecule has 2 heteroatoms. The second-order valence-corrected chi connectivity index (χ2v) is 6.12. The normalized spacial score (nSPS) is 12.7. The van der Waals surface area contributed by atoms with Gasteiger partial charge in [-0.2, -0.15) is 0 Å². The summed E-state index contributed by atoms with van der Waals surface area (Å²) in [4.78, 5) is 0. The minimum Gasteiger partial charge on any atom is -0.113 e. The zero-order chi connectivity index (χ0) is 14.0. The minimum atomic E-state index is -0.154. The molecule has 0 aromatic heterocycles. The molecule has 2 aromatic carbocycles. The quantitative estimate of drug-likeness (QED) is 0.600. The van der Waals surface area contributed by atoms with Gasteiger partial charge in [0, 0.05) is 5.02 Å². The monoisotopic (exact) mass is 292 g/mol. The summed E-state index contributed by atoms with van der Waals surface area (Å²) in [6, 6.07) is 14.4. The van der Waals surface area contributed by atoms with Gasteiger partial charge in [-0.15, -0.1) is 11.6 Å². The third-order valence-electron chi connectivity index (χ3n) is 3.25. The number of hydrogen-bond donors (Lipinski definition) is 0. The van der Waals surface area contributed by atoms with E-state index in [0.29, 0.717) is 5.92 Å². The van der Waals surface area contributed by atoms with Gasteiger partial charge in [-0.25, -0.2) is 0 Å². The van der Waals surface area contributed by atoms with Crippen molar-refractivity contribution in [2.24, 2.45) is 0 Å². The second-order valence-electron chi connectivity index (χ2n) is 5.25. The second kappa shape index (κ2) is 5.98. The standard InChI is InChI=1S/C17H18Cl2/c1-11(2)13-4-6-14(7-5-13)17(19)15-8-12(3)9-16(18)10-15/h4-11,17H,1-3H3. The highest BCUT2D eigenvalue weighted by atomic mass is 35.5. The van der Waals surface area contributed by atoms with Crippen LogP contribution in [0.3, 0.4) is 0 Å². The lowest BCUT2D eigenvalue weighted by molar-refractivity contribution is 0.865. The Morgan fingerprint density at radius 1 is 0.842 bits per heavy atom. The van der Waals surface area contributed by atoms with Crippen LogP contribution in [-0.4, -0.2) is 0 Å². The summed E-state index contributed by atoms with van der Waals surface area (Å²) in [6.07, 6.45) is 0. The van der Waals surface area contributed by atoms with Crippen molar-refractivity contribution in [3.63, 3.8) is 0 Å². The van der Waals surface area contributed by atoms with Gasteiger partial charge in [-0.05, 0) is 47.2 Å². The van der Waals surface area contributed by atoms with Gasteiger partial charge in [0.2, 0.25) is 0 Å². The molecule has 0 radical (unpaired) electrons. The van der Waals surface area contributed by atoms with E-state index in [1.807, 2.05) is 19.1 Å². The molecule has 1 atom stereocenters. The zero-order valence-electron chi connectivity index (χ0n) is 11.5. The molecule has 0 spiro atoms. The molecule has 2 aromatic rings. The summed E-state index contributed by atoms with van der Waals surface area (Å²) in [5, 5.41) is 0.582. The Labute approximate surface area is 125 Å². The van der Waals surface area contributed by atoms with Crippen LogP contribution >= 0.6 is 23.2 Å². The molecule has 0 N–H and O–H groups in total. The smallest absolute Gasteiger partial charge is 0.0836 e. The first-order valence-corrected chi connectivity index (χ1v) is 7.30. The molecule has 19 heavy (non-hydrogen) atoms. The van der Waals surface area contributed by atoms with Crippen molar-refractivity contribution in [1.29, 1.82) is 0 Å². The van der Waals surface area contributed by atoms with Crippen LogP contribution in [0.15, 0.2) is 42.5 Å². The van der Waals surface area contributed by atoms with Crippen molar-refractivity contribution in [1.82, 2.24) is 0 Å². The highest BCUT2D eigenvalue weighted by Gasteiger charge is 2.12. The third-order valence-corrected chi connectivity index (χ3v) is 3.98. The fourth-order valence-corrected chi connectivity index (χ4v) is 2.72. The Balaban J connectivity index is 2.30. The molecule has 0 nitrogen and oxygen atoms in total. The van der Waals surface area contributed by atoms with Crippen LogP contribution in [0.1, 0.15) is 47.4 Å². The predicted molar refractivity (Wildman–Crippen MR) is 84.4 cm³/mol. The largest absolute Gasteiger partial charge is 0.113 e. The lowest BCUT2D eigenvalue weighted by Gasteiger charge is -2.13. The first-order chi connectivity index (χ1) is 8.97. The lowest BCUT2D eigenvalue weighted by Crippen LogP contribution is -1.95. The fraction of sp³-hybridized carbons (Fsp3) is 0.294. The molecule has 0 aliphatic heterocycles. The number of rotatable bonds is 3. The maximum absolute atomic E-state index is 6.55. The first-order valence-electron chi connectivity index (χ1n) is 6.48. The van der Waals surface area contributed by atoms with E-state index in [2.05, 4.69) is 44.2 Å². The number of halogens is 2. The van der Waals surface area contributed by atoms with Gasteiger partial charge in [0.1, 0.15) is 0 Å². The van der Waals surface area contributed by atoms with Gasteiger partial charge in [0.25, 0.3) is 0 Å². The summed E-state index contributed by atoms with van der Waals surface area (Å²) in [7, 11) is 0. The number of aryl methyl sites for hydroxylation is 1. The van der Waals surface area contributed by atoms with E-state index in [-0.39, 0.29) is 5.38 Å². The van der Waals surface area contributed by atoms with Crippen LogP contribution in [-0.2, 0) is 0 Å². The van der Waals surface area contributed by atoms with Gasteiger partial charge in [0.15, 0.2) is 0 Å². The molecule has 0 aliphatic rings. The zero-order valence-corrected chi connectivity index (χ0v) is 13.0. The topological polar surface area (TPSA) is 0 Å². The van der Waals surface area contributed by atoms with Crippen LogP contribution in [0.2, 0.25) is 5.02 Å². The number of hydrogen-bond acceptors (Lipinski definition) is 0. The summed E-state index contributed by atoms with van der Waals surface area (Å²) < 4.78 is 0. The maximum atomic E-state index is 6.55. The van der Waals surface area contributed by atoms with Crippen molar-refractivity contribution in [2.45, 2.75) is 32.1 Å². The van der Waals surface area contributed by atoms with Crippen LogP contribution in [0.5, 0.6) is 0 Å². The molecular formula is C17H18Cl2. The summed E-state index contributed by atoms with van der Waals surface area (Å²) in [5.41, 5.74) is 4.61. The van der Waals surface area contributed by atoms with E-state index in [1.54, 1.807) is 0 Å². The lowest BCUT2D eigenvalue weighted by atomic mass is 9.98. The first kappa shape index (κ1) is 14.4. The molecule has 2 rings (SSSR count). The molecule has 100 valence electrons. The average Bonchev–Trinajstić information content (AvgIpc) is 2.37. The summed E-state index contributed by atoms with van der Waals surface area (Å²) >= 11 is 12.6. The highest BCUT2D eigenvalue weighted by Crippen LogP contribution is 2.31. The van der Waals surface area contributed by atoms with Gasteiger partial charge in [-0.3, -0.25) is 0 Å². The number of alkyl halides is 1. The van der Waals surface area contributed by atoms with Crippen molar-refractivity contribution < 1.29 is 0 Å². The molecule has 0 saturated carbocycles. The summed E-state index contributed by atoms with van der Waals surface area (Å²) in [5.74, 6) is 0.538. The molecule has 0 saturated heterocycles. The van der Waals surface area contributed by atoms with Gasteiger partial charge < -0.3 is 0 Å². The van der Waals surface area contributed by atoms with Gasteiger partial charge in [-0.1, -0.05) is 55.8 Å². The molecule has 0 amide bonds. The average molecular weight is 293 g/mol. The highest BCUT2D eigenvalue weighted by molar-refractivity contribution is 6.31. The Kier molecular flexibility index (Phi) is 4.54. The van der Waals surface area contributed by atoms with E-state index in [0.717, 1.165) is 21.7 Å². The van der Waals surface area contributed by atoms with Crippen molar-refractivity contribution in [2.75, 3.05) is 0 Å². The Morgan fingerprint density at radius 3 is 1.95 bits per heavy atom. The van der Waals surface area contributed by atoms with Crippen LogP contribution in [0.4, 0.5) is 0 Å². The Hall–Kier alpha value is -0.980.